The number of esters is 1. The van der Waals surface area contributed by atoms with Crippen molar-refractivity contribution in [2.24, 2.45) is 0 Å². The lowest BCUT2D eigenvalue weighted by Crippen LogP contribution is -2.15. The summed E-state index contributed by atoms with van der Waals surface area (Å²) < 4.78 is 10.4. The minimum atomic E-state index is -0.483. The summed E-state index contributed by atoms with van der Waals surface area (Å²) in [5.74, 6) is -0.322. The molecule has 0 saturated heterocycles. The normalized spacial score (nSPS) is 11.8. The van der Waals surface area contributed by atoms with Gasteiger partial charge in [0.25, 0.3) is 0 Å². The number of carbonyl (C=O) groups is 2. The number of carbonyl (C=O) groups excluding carboxylic acids is 2. The molecular weight excluding hydrogens is 312 g/mol. The van der Waals surface area contributed by atoms with Crippen LogP contribution in [-0.4, -0.2) is 29.8 Å². The van der Waals surface area contributed by atoms with E-state index in [1.807, 2.05) is 0 Å². The van der Waals surface area contributed by atoms with Crippen molar-refractivity contribution in [2.45, 2.75) is 25.6 Å². The largest absolute Gasteiger partial charge is 0.492 e. The lowest BCUT2D eigenvalue weighted by molar-refractivity contribution is 0.0522. The van der Waals surface area contributed by atoms with Gasteiger partial charge in [0.15, 0.2) is 5.78 Å². The van der Waals surface area contributed by atoms with E-state index in [1.54, 1.807) is 39.0 Å². The number of ether oxygens (including phenoxy) is 2. The number of para-hydroxylation sites is 1. The van der Waals surface area contributed by atoms with Crippen LogP contribution in [0.3, 0.4) is 0 Å². The van der Waals surface area contributed by atoms with E-state index in [0.29, 0.717) is 17.9 Å². The zero-order valence-corrected chi connectivity index (χ0v) is 12.8. The maximum absolute atomic E-state index is 12.1. The molecule has 0 N–H and O–H groups in total. The monoisotopic (exact) mass is 328 g/mol. The van der Waals surface area contributed by atoms with Crippen LogP contribution < -0.4 is 4.74 Å². The summed E-state index contributed by atoms with van der Waals surface area (Å²) in [7, 11) is 0. The molecule has 0 heterocycles. The molecule has 4 nitrogen and oxygen atoms in total. The van der Waals surface area contributed by atoms with Crippen molar-refractivity contribution in [2.75, 3.05) is 13.2 Å². The van der Waals surface area contributed by atoms with Gasteiger partial charge in [-0.1, -0.05) is 22.0 Å². The second kappa shape index (κ2) is 7.28. The number of rotatable bonds is 6. The number of alkyl halides is 1. The van der Waals surface area contributed by atoms with E-state index in [9.17, 15) is 9.59 Å². The number of hydrogen-bond donors (Lipinski definition) is 0. The molecule has 0 bridgehead atoms. The van der Waals surface area contributed by atoms with Crippen LogP contribution in [0.25, 0.3) is 0 Å². The van der Waals surface area contributed by atoms with Crippen molar-refractivity contribution < 1.29 is 19.1 Å². The molecule has 0 fully saturated rings. The van der Waals surface area contributed by atoms with Gasteiger partial charge in [0.2, 0.25) is 0 Å². The molecule has 1 rings (SSSR count). The second-order valence-electron chi connectivity index (χ2n) is 3.82. The van der Waals surface area contributed by atoms with Gasteiger partial charge >= 0.3 is 5.97 Å². The molecule has 1 aromatic carbocycles. The Labute approximate surface area is 121 Å². The summed E-state index contributed by atoms with van der Waals surface area (Å²) >= 11 is 3.23. The van der Waals surface area contributed by atoms with Gasteiger partial charge in [0.1, 0.15) is 11.3 Å². The molecule has 104 valence electrons. The van der Waals surface area contributed by atoms with E-state index in [2.05, 4.69) is 15.9 Å². The predicted molar refractivity (Wildman–Crippen MR) is 76.3 cm³/mol. The Morgan fingerprint density at radius 2 is 1.84 bits per heavy atom. The summed E-state index contributed by atoms with van der Waals surface area (Å²) in [5, 5.41) is 0. The Bertz CT molecular complexity index is 469. The highest BCUT2D eigenvalue weighted by Crippen LogP contribution is 2.27. The van der Waals surface area contributed by atoms with Crippen molar-refractivity contribution in [1.82, 2.24) is 0 Å². The summed E-state index contributed by atoms with van der Waals surface area (Å²) in [6.45, 7) is 5.90. The topological polar surface area (TPSA) is 52.6 Å². The summed E-state index contributed by atoms with van der Waals surface area (Å²) in [6.07, 6.45) is 0. The molecule has 1 aromatic rings. The molecule has 0 radical (unpaired) electrons. The van der Waals surface area contributed by atoms with Crippen LogP contribution in [0.15, 0.2) is 18.2 Å². The molecule has 5 heteroatoms. The lowest BCUT2D eigenvalue weighted by Gasteiger charge is -2.14. The van der Waals surface area contributed by atoms with Crippen LogP contribution in [0.2, 0.25) is 0 Å². The molecule has 19 heavy (non-hydrogen) atoms. The minimum Gasteiger partial charge on any atom is -0.492 e. The molecule has 1 atom stereocenters. The average Bonchev–Trinajstić information content (AvgIpc) is 2.38. The standard InChI is InChI=1S/C14H17BrO4/c1-4-18-13-10(12(16)9(3)15)7-6-8-11(13)14(17)19-5-2/h6-9H,4-5H2,1-3H3. The van der Waals surface area contributed by atoms with E-state index < -0.39 is 5.97 Å². The van der Waals surface area contributed by atoms with Gasteiger partial charge < -0.3 is 9.47 Å². The Hall–Kier alpha value is -1.36. The third-order valence-electron chi connectivity index (χ3n) is 2.43. The van der Waals surface area contributed by atoms with Crippen molar-refractivity contribution in [3.63, 3.8) is 0 Å². The highest BCUT2D eigenvalue weighted by molar-refractivity contribution is 9.10. The highest BCUT2D eigenvalue weighted by Gasteiger charge is 2.23. The number of hydrogen-bond acceptors (Lipinski definition) is 4. The lowest BCUT2D eigenvalue weighted by atomic mass is 10.0. The van der Waals surface area contributed by atoms with Gasteiger partial charge in [0, 0.05) is 0 Å². The fraction of sp³-hybridized carbons (Fsp3) is 0.429. The number of benzene rings is 1. The number of Topliss-reactive ketones (excluding diaryl/α,β-unsaturated/α-hetero) is 1. The molecule has 0 aliphatic carbocycles. The van der Waals surface area contributed by atoms with E-state index in [4.69, 9.17) is 9.47 Å². The summed E-state index contributed by atoms with van der Waals surface area (Å²) in [5.41, 5.74) is 0.666. The predicted octanol–water partition coefficient (Wildman–Crippen LogP) is 3.23. The molecule has 0 aliphatic heterocycles. The van der Waals surface area contributed by atoms with Crippen LogP contribution in [0.1, 0.15) is 41.5 Å². The molecule has 0 aliphatic rings. The van der Waals surface area contributed by atoms with Gasteiger partial charge in [-0.15, -0.1) is 0 Å². The molecule has 0 aromatic heterocycles. The third-order valence-corrected chi connectivity index (χ3v) is 2.84. The molecule has 1 unspecified atom stereocenters. The zero-order valence-electron chi connectivity index (χ0n) is 11.2. The first kappa shape index (κ1) is 15.7. The van der Waals surface area contributed by atoms with Gasteiger partial charge in [0.05, 0.1) is 23.6 Å². The quantitative estimate of drug-likeness (QED) is 0.457. The van der Waals surface area contributed by atoms with Crippen molar-refractivity contribution in [1.29, 1.82) is 0 Å². The van der Waals surface area contributed by atoms with Gasteiger partial charge in [-0.25, -0.2) is 4.79 Å². The van der Waals surface area contributed by atoms with Crippen LogP contribution in [0.5, 0.6) is 5.75 Å². The van der Waals surface area contributed by atoms with Crippen LogP contribution in [0, 0.1) is 0 Å². The van der Waals surface area contributed by atoms with Crippen molar-refractivity contribution in [3.05, 3.63) is 29.3 Å². The third kappa shape index (κ3) is 3.80. The molecule has 0 spiro atoms. The van der Waals surface area contributed by atoms with Gasteiger partial charge in [-0.05, 0) is 32.9 Å². The molecular formula is C14H17BrO4. The number of ketones is 1. The smallest absolute Gasteiger partial charge is 0.341 e. The summed E-state index contributed by atoms with van der Waals surface area (Å²) in [6, 6.07) is 4.89. The summed E-state index contributed by atoms with van der Waals surface area (Å²) in [4.78, 5) is 23.6. The SMILES string of the molecule is CCOC(=O)c1cccc(C(=O)C(C)Br)c1OCC. The van der Waals surface area contributed by atoms with E-state index in [-0.39, 0.29) is 22.8 Å². The maximum atomic E-state index is 12.1. The molecule has 0 amide bonds. The average molecular weight is 329 g/mol. The Morgan fingerprint density at radius 3 is 2.37 bits per heavy atom. The fourth-order valence-corrected chi connectivity index (χ4v) is 1.86. The first-order chi connectivity index (χ1) is 9.02. The van der Waals surface area contributed by atoms with Crippen molar-refractivity contribution in [3.8, 4) is 5.75 Å². The van der Waals surface area contributed by atoms with Crippen LogP contribution in [-0.2, 0) is 4.74 Å². The fourth-order valence-electron chi connectivity index (χ4n) is 1.61. The Kier molecular flexibility index (Phi) is 6.02. The Morgan fingerprint density at radius 1 is 1.21 bits per heavy atom. The van der Waals surface area contributed by atoms with Crippen LogP contribution >= 0.6 is 15.9 Å². The van der Waals surface area contributed by atoms with E-state index in [0.717, 1.165) is 0 Å². The van der Waals surface area contributed by atoms with Crippen molar-refractivity contribution >= 4 is 27.7 Å². The van der Waals surface area contributed by atoms with E-state index >= 15 is 0 Å². The maximum Gasteiger partial charge on any atom is 0.341 e. The first-order valence-electron chi connectivity index (χ1n) is 6.14. The van der Waals surface area contributed by atoms with Crippen LogP contribution in [0.4, 0.5) is 0 Å². The molecule has 0 saturated carbocycles. The van der Waals surface area contributed by atoms with Gasteiger partial charge in [-0.3, -0.25) is 4.79 Å². The highest BCUT2D eigenvalue weighted by atomic mass is 79.9. The second-order valence-corrected chi connectivity index (χ2v) is 5.19. The van der Waals surface area contributed by atoms with E-state index in [1.165, 1.54) is 0 Å². The Balaban J connectivity index is 3.29. The first-order valence-corrected chi connectivity index (χ1v) is 7.05. The zero-order chi connectivity index (χ0) is 14.4. The minimum absolute atomic E-state index is 0.130. The van der Waals surface area contributed by atoms with Gasteiger partial charge in [-0.2, -0.15) is 0 Å². The number of halogens is 1.